The Bertz CT molecular complexity index is 265. The topological polar surface area (TPSA) is 57.2 Å². The molecule has 0 spiro atoms. The van der Waals surface area contributed by atoms with E-state index in [4.69, 9.17) is 18.9 Å². The molecule has 5 heteroatoms. The number of rotatable bonds is 12. The quantitative estimate of drug-likeness (QED) is 0.556. The third kappa shape index (κ3) is 7.06. The summed E-state index contributed by atoms with van der Waals surface area (Å²) in [4.78, 5) is 0. The van der Waals surface area contributed by atoms with E-state index in [1.54, 1.807) is 0 Å². The number of hydrogen-bond acceptors (Lipinski definition) is 5. The molecule has 0 aromatic rings. The Hall–Kier alpha value is -0.200. The van der Waals surface area contributed by atoms with Crippen molar-refractivity contribution in [2.75, 3.05) is 19.8 Å². The van der Waals surface area contributed by atoms with Gasteiger partial charge in [0.2, 0.25) is 0 Å². The van der Waals surface area contributed by atoms with Gasteiger partial charge in [0.1, 0.15) is 18.3 Å². The summed E-state index contributed by atoms with van der Waals surface area (Å²) in [7, 11) is 0. The van der Waals surface area contributed by atoms with Gasteiger partial charge >= 0.3 is 0 Å². The van der Waals surface area contributed by atoms with E-state index in [-0.39, 0.29) is 18.3 Å². The highest BCUT2D eigenvalue weighted by atomic mass is 16.7. The molecule has 0 amide bonds. The van der Waals surface area contributed by atoms with Crippen LogP contribution in [0, 0.1) is 0 Å². The highest BCUT2D eigenvalue weighted by Gasteiger charge is 2.45. The number of aliphatic hydroxyl groups excluding tert-OH is 1. The molecule has 0 aromatic carbocycles. The fourth-order valence-corrected chi connectivity index (χ4v) is 2.68. The second-order valence-electron chi connectivity index (χ2n) is 6.30. The minimum Gasteiger partial charge on any atom is -0.373 e. The molecule has 1 N–H and O–H groups in total. The van der Waals surface area contributed by atoms with Crippen molar-refractivity contribution in [1.82, 2.24) is 0 Å². The van der Waals surface area contributed by atoms with Crippen molar-refractivity contribution in [3.8, 4) is 0 Å². The van der Waals surface area contributed by atoms with Gasteiger partial charge in [0.15, 0.2) is 6.29 Å². The first-order valence-corrected chi connectivity index (χ1v) is 9.33. The van der Waals surface area contributed by atoms with Gasteiger partial charge in [-0.1, -0.05) is 40.0 Å². The minimum absolute atomic E-state index is 0.201. The van der Waals surface area contributed by atoms with E-state index < -0.39 is 12.4 Å². The largest absolute Gasteiger partial charge is 0.373 e. The van der Waals surface area contributed by atoms with Crippen LogP contribution in [0.3, 0.4) is 0 Å². The van der Waals surface area contributed by atoms with Crippen molar-refractivity contribution in [3.63, 3.8) is 0 Å². The van der Waals surface area contributed by atoms with Crippen LogP contribution in [-0.2, 0) is 18.9 Å². The Labute approximate surface area is 141 Å². The number of ether oxygens (including phenoxy) is 4. The van der Waals surface area contributed by atoms with Gasteiger partial charge in [-0.25, -0.2) is 0 Å². The second kappa shape index (κ2) is 12.2. The minimum atomic E-state index is -0.959. The second-order valence-corrected chi connectivity index (χ2v) is 6.30. The lowest BCUT2D eigenvalue weighted by Gasteiger charge is -2.43. The van der Waals surface area contributed by atoms with Crippen molar-refractivity contribution in [2.45, 2.75) is 96.9 Å². The fourth-order valence-electron chi connectivity index (χ4n) is 2.68. The average Bonchev–Trinajstić information content (AvgIpc) is 2.53. The molecule has 1 rings (SSSR count). The molecule has 138 valence electrons. The Morgan fingerprint density at radius 2 is 1.17 bits per heavy atom. The van der Waals surface area contributed by atoms with Gasteiger partial charge in [0.25, 0.3) is 0 Å². The van der Waals surface area contributed by atoms with E-state index in [1.807, 2.05) is 6.92 Å². The van der Waals surface area contributed by atoms with Crippen molar-refractivity contribution in [3.05, 3.63) is 0 Å². The number of hydrogen-bond donors (Lipinski definition) is 1. The summed E-state index contributed by atoms with van der Waals surface area (Å²) in [6, 6.07) is 0. The van der Waals surface area contributed by atoms with E-state index >= 15 is 0 Å². The van der Waals surface area contributed by atoms with E-state index in [2.05, 4.69) is 20.8 Å². The maximum absolute atomic E-state index is 10.3. The normalized spacial score (nSPS) is 31.4. The van der Waals surface area contributed by atoms with E-state index in [9.17, 15) is 5.11 Å². The SMILES string of the molecule is CCCCO[C@@H]1[C@@H](OCCCC)[C@@H](OCCCC)C(O)O[C@H]1C. The Kier molecular flexibility index (Phi) is 11.1. The van der Waals surface area contributed by atoms with Crippen LogP contribution in [0.15, 0.2) is 0 Å². The number of aliphatic hydroxyl groups is 1. The average molecular weight is 332 g/mol. The molecule has 1 unspecified atom stereocenters. The first kappa shape index (κ1) is 20.8. The molecule has 0 aromatic heterocycles. The molecule has 1 aliphatic heterocycles. The van der Waals surface area contributed by atoms with Crippen LogP contribution in [0.25, 0.3) is 0 Å². The van der Waals surface area contributed by atoms with Crippen LogP contribution in [0.4, 0.5) is 0 Å². The molecule has 5 nitrogen and oxygen atoms in total. The van der Waals surface area contributed by atoms with Crippen LogP contribution >= 0.6 is 0 Å². The van der Waals surface area contributed by atoms with Gasteiger partial charge in [-0.15, -0.1) is 0 Å². The first-order chi connectivity index (χ1) is 11.2. The standard InChI is InChI=1S/C18H36O5/c1-5-8-11-20-15-14(4)23-18(19)17(22-13-10-7-3)16(15)21-12-9-6-2/h14-19H,5-13H2,1-4H3/t14-,15-,16+,17+,18?/m0/s1. The summed E-state index contributed by atoms with van der Waals surface area (Å²) in [6.45, 7) is 10.3. The van der Waals surface area contributed by atoms with Crippen molar-refractivity contribution in [1.29, 1.82) is 0 Å². The van der Waals surface area contributed by atoms with Gasteiger partial charge in [-0.05, 0) is 26.2 Å². The van der Waals surface area contributed by atoms with E-state index in [0.717, 1.165) is 38.5 Å². The smallest absolute Gasteiger partial charge is 0.184 e. The summed E-state index contributed by atoms with van der Waals surface area (Å²) in [5.41, 5.74) is 0. The highest BCUT2D eigenvalue weighted by molar-refractivity contribution is 4.90. The fraction of sp³-hybridized carbons (Fsp3) is 1.00. The van der Waals surface area contributed by atoms with Crippen molar-refractivity contribution >= 4 is 0 Å². The molecule has 1 heterocycles. The monoisotopic (exact) mass is 332 g/mol. The van der Waals surface area contributed by atoms with E-state index in [0.29, 0.717) is 19.8 Å². The Morgan fingerprint density at radius 3 is 1.65 bits per heavy atom. The summed E-state index contributed by atoms with van der Waals surface area (Å²) >= 11 is 0. The molecule has 0 radical (unpaired) electrons. The molecular formula is C18H36O5. The Balaban J connectivity index is 2.71. The van der Waals surface area contributed by atoms with Crippen LogP contribution in [0.1, 0.15) is 66.2 Å². The van der Waals surface area contributed by atoms with Crippen LogP contribution in [-0.4, -0.2) is 55.6 Å². The van der Waals surface area contributed by atoms with Gasteiger partial charge < -0.3 is 24.1 Å². The molecule has 1 aliphatic rings. The molecule has 0 bridgehead atoms. The third-order valence-corrected chi connectivity index (χ3v) is 4.17. The summed E-state index contributed by atoms with van der Waals surface area (Å²) < 4.78 is 23.6. The zero-order chi connectivity index (χ0) is 17.1. The maximum atomic E-state index is 10.3. The Morgan fingerprint density at radius 1 is 0.739 bits per heavy atom. The van der Waals surface area contributed by atoms with Crippen LogP contribution in [0.2, 0.25) is 0 Å². The van der Waals surface area contributed by atoms with Crippen molar-refractivity contribution < 1.29 is 24.1 Å². The van der Waals surface area contributed by atoms with Gasteiger partial charge in [-0.2, -0.15) is 0 Å². The van der Waals surface area contributed by atoms with Crippen LogP contribution < -0.4 is 0 Å². The van der Waals surface area contributed by atoms with Crippen molar-refractivity contribution in [2.24, 2.45) is 0 Å². The summed E-state index contributed by atoms with van der Waals surface area (Å²) in [5.74, 6) is 0. The lowest BCUT2D eigenvalue weighted by Crippen LogP contribution is -2.59. The molecule has 0 saturated carbocycles. The predicted octanol–water partition coefficient (Wildman–Crippen LogP) is 3.28. The van der Waals surface area contributed by atoms with Gasteiger partial charge in [-0.3, -0.25) is 0 Å². The lowest BCUT2D eigenvalue weighted by molar-refractivity contribution is -0.303. The van der Waals surface area contributed by atoms with Gasteiger partial charge in [0.05, 0.1) is 6.10 Å². The molecule has 5 atom stereocenters. The predicted molar refractivity (Wildman–Crippen MR) is 90.5 cm³/mol. The molecular weight excluding hydrogens is 296 g/mol. The van der Waals surface area contributed by atoms with Gasteiger partial charge in [0, 0.05) is 19.8 Å². The summed E-state index contributed by atoms with van der Waals surface area (Å²) in [5, 5.41) is 10.3. The molecule has 0 aliphatic carbocycles. The summed E-state index contributed by atoms with van der Waals surface area (Å²) in [6.07, 6.45) is 4.04. The highest BCUT2D eigenvalue weighted by Crippen LogP contribution is 2.27. The van der Waals surface area contributed by atoms with Crippen LogP contribution in [0.5, 0.6) is 0 Å². The molecule has 23 heavy (non-hydrogen) atoms. The zero-order valence-electron chi connectivity index (χ0n) is 15.3. The van der Waals surface area contributed by atoms with E-state index in [1.165, 1.54) is 0 Å². The zero-order valence-corrected chi connectivity index (χ0v) is 15.3. The third-order valence-electron chi connectivity index (χ3n) is 4.17. The lowest BCUT2D eigenvalue weighted by atomic mass is 9.99. The maximum Gasteiger partial charge on any atom is 0.184 e. The molecule has 1 saturated heterocycles. The number of unbranched alkanes of at least 4 members (excludes halogenated alkanes) is 3. The first-order valence-electron chi connectivity index (χ1n) is 9.33. The molecule has 1 fully saturated rings.